The fourth-order valence-corrected chi connectivity index (χ4v) is 4.74. The van der Waals surface area contributed by atoms with Crippen molar-refractivity contribution in [2.45, 2.75) is 36.7 Å². The summed E-state index contributed by atoms with van der Waals surface area (Å²) in [7, 11) is 1.99. The van der Waals surface area contributed by atoms with E-state index in [1.165, 1.54) is 22.3 Å². The third kappa shape index (κ3) is 1.74. The molecule has 1 unspecified atom stereocenters. The van der Waals surface area contributed by atoms with Gasteiger partial charge in [0.2, 0.25) is 0 Å². The van der Waals surface area contributed by atoms with Crippen LogP contribution in [-0.4, -0.2) is 24.8 Å². The van der Waals surface area contributed by atoms with Crippen LogP contribution in [0.15, 0.2) is 48.5 Å². The molecule has 2 N–H and O–H groups in total. The van der Waals surface area contributed by atoms with Gasteiger partial charge in [0.25, 0.3) is 0 Å². The molecule has 0 aromatic heterocycles. The smallest absolute Gasteiger partial charge is 0.0686 e. The lowest BCUT2D eigenvalue weighted by Crippen LogP contribution is -2.50. The molecule has 3 aliphatic rings. The molecule has 0 spiro atoms. The van der Waals surface area contributed by atoms with Crippen molar-refractivity contribution in [3.05, 3.63) is 70.8 Å². The monoisotopic (exact) mass is 293 g/mol. The van der Waals surface area contributed by atoms with E-state index in [0.29, 0.717) is 5.92 Å². The quantitative estimate of drug-likeness (QED) is 0.849. The summed E-state index contributed by atoms with van der Waals surface area (Å²) in [5, 5.41) is 14.3. The molecule has 3 aliphatic carbocycles. The van der Waals surface area contributed by atoms with Crippen LogP contribution in [0, 0.1) is 0 Å². The first-order valence-corrected chi connectivity index (χ1v) is 8.30. The number of aliphatic hydroxyl groups is 1. The maximum atomic E-state index is 11.0. The van der Waals surface area contributed by atoms with Crippen LogP contribution >= 0.6 is 0 Å². The van der Waals surface area contributed by atoms with E-state index in [4.69, 9.17) is 0 Å². The number of benzene rings is 2. The number of nitrogens with one attached hydrogen (secondary N) is 1. The molecule has 5 rings (SSSR count). The summed E-state index contributed by atoms with van der Waals surface area (Å²) >= 11 is 0. The van der Waals surface area contributed by atoms with Crippen LogP contribution in [0.2, 0.25) is 0 Å². The molecule has 2 bridgehead atoms. The normalized spacial score (nSPS) is 28.3. The van der Waals surface area contributed by atoms with Crippen LogP contribution in [0.3, 0.4) is 0 Å². The average molecular weight is 293 g/mol. The van der Waals surface area contributed by atoms with Crippen molar-refractivity contribution in [3.63, 3.8) is 0 Å². The van der Waals surface area contributed by atoms with Gasteiger partial charge in [0.1, 0.15) is 0 Å². The second-order valence-corrected chi connectivity index (χ2v) is 6.66. The Bertz CT molecular complexity index is 646. The topological polar surface area (TPSA) is 32.3 Å². The van der Waals surface area contributed by atoms with Gasteiger partial charge in [0.05, 0.1) is 6.10 Å². The summed E-state index contributed by atoms with van der Waals surface area (Å²) in [5.41, 5.74) is 5.34. The van der Waals surface area contributed by atoms with Crippen LogP contribution in [0.1, 0.15) is 47.4 Å². The van der Waals surface area contributed by atoms with Crippen LogP contribution in [0.4, 0.5) is 0 Å². The van der Waals surface area contributed by atoms with Gasteiger partial charge >= 0.3 is 0 Å². The van der Waals surface area contributed by atoms with E-state index in [2.05, 4.69) is 53.8 Å². The minimum absolute atomic E-state index is 0.223. The van der Waals surface area contributed by atoms with E-state index in [0.717, 1.165) is 25.8 Å². The molecule has 2 aromatic rings. The first kappa shape index (κ1) is 14.0. The highest BCUT2D eigenvalue weighted by atomic mass is 16.3. The molecule has 0 aliphatic heterocycles. The third-order valence-corrected chi connectivity index (χ3v) is 5.66. The zero-order valence-corrected chi connectivity index (χ0v) is 13.0. The van der Waals surface area contributed by atoms with Crippen LogP contribution in [-0.2, 0) is 5.41 Å². The van der Waals surface area contributed by atoms with Crippen molar-refractivity contribution < 1.29 is 5.11 Å². The summed E-state index contributed by atoms with van der Waals surface area (Å²) in [6, 6.07) is 17.5. The average Bonchev–Trinajstić information content (AvgIpc) is 2.57. The van der Waals surface area contributed by atoms with Gasteiger partial charge in [-0.25, -0.2) is 0 Å². The fraction of sp³-hybridized carbons (Fsp3) is 0.400. The Morgan fingerprint density at radius 1 is 1.05 bits per heavy atom. The number of rotatable bonds is 4. The Kier molecular flexibility index (Phi) is 3.32. The van der Waals surface area contributed by atoms with E-state index in [1.807, 2.05) is 7.05 Å². The van der Waals surface area contributed by atoms with E-state index in [-0.39, 0.29) is 11.5 Å². The fourth-order valence-electron chi connectivity index (χ4n) is 4.74. The van der Waals surface area contributed by atoms with Gasteiger partial charge in [-0.05, 0) is 55.1 Å². The Morgan fingerprint density at radius 2 is 1.64 bits per heavy atom. The second-order valence-electron chi connectivity index (χ2n) is 6.66. The van der Waals surface area contributed by atoms with Crippen LogP contribution in [0.5, 0.6) is 0 Å². The van der Waals surface area contributed by atoms with Crippen LogP contribution in [0.25, 0.3) is 0 Å². The Balaban J connectivity index is 1.93. The molecule has 0 heterocycles. The van der Waals surface area contributed by atoms with E-state index < -0.39 is 0 Å². The first-order valence-electron chi connectivity index (χ1n) is 8.30. The summed E-state index contributed by atoms with van der Waals surface area (Å²) in [5.74, 6) is 0.355. The van der Waals surface area contributed by atoms with Gasteiger partial charge in [0, 0.05) is 11.3 Å². The molecule has 0 radical (unpaired) electrons. The van der Waals surface area contributed by atoms with E-state index >= 15 is 0 Å². The van der Waals surface area contributed by atoms with E-state index in [9.17, 15) is 5.11 Å². The summed E-state index contributed by atoms with van der Waals surface area (Å²) in [4.78, 5) is 0. The van der Waals surface area contributed by atoms with Crippen molar-refractivity contribution in [3.8, 4) is 0 Å². The lowest BCUT2D eigenvalue weighted by Gasteiger charge is -2.52. The summed E-state index contributed by atoms with van der Waals surface area (Å²) in [6.07, 6.45) is 2.64. The van der Waals surface area contributed by atoms with Crippen LogP contribution < -0.4 is 5.32 Å². The Hall–Kier alpha value is -1.64. The SMILES string of the molecule is CNCCCC12c3ccccc3C(CC1O)c1ccccc12. The van der Waals surface area contributed by atoms with Gasteiger partial charge in [-0.2, -0.15) is 0 Å². The van der Waals surface area contributed by atoms with Gasteiger partial charge in [-0.3, -0.25) is 0 Å². The molecule has 2 heteroatoms. The van der Waals surface area contributed by atoms with Gasteiger partial charge in [-0.15, -0.1) is 0 Å². The molecule has 22 heavy (non-hydrogen) atoms. The maximum Gasteiger partial charge on any atom is 0.0686 e. The molecular formula is C20H23NO. The standard InChI is InChI=1S/C20H23NO/c1-21-12-6-11-20-17-9-4-2-7-14(17)16(13-19(20)22)15-8-3-5-10-18(15)20/h2-5,7-10,16,19,21-22H,6,11-13H2,1H3. The van der Waals surface area contributed by atoms with E-state index in [1.54, 1.807) is 0 Å². The first-order chi connectivity index (χ1) is 10.8. The van der Waals surface area contributed by atoms with Gasteiger partial charge < -0.3 is 10.4 Å². The minimum atomic E-state index is -0.279. The molecule has 0 amide bonds. The minimum Gasteiger partial charge on any atom is -0.392 e. The summed E-state index contributed by atoms with van der Waals surface area (Å²) in [6.45, 7) is 0.988. The number of hydrogen-bond acceptors (Lipinski definition) is 2. The molecule has 2 nitrogen and oxygen atoms in total. The largest absolute Gasteiger partial charge is 0.392 e. The number of hydrogen-bond donors (Lipinski definition) is 2. The Morgan fingerprint density at radius 3 is 2.23 bits per heavy atom. The Labute approximate surface area is 132 Å². The maximum absolute atomic E-state index is 11.0. The second kappa shape index (κ2) is 5.22. The molecule has 2 aromatic carbocycles. The predicted molar refractivity (Wildman–Crippen MR) is 89.3 cm³/mol. The van der Waals surface area contributed by atoms with Crippen molar-refractivity contribution in [1.82, 2.24) is 5.32 Å². The molecule has 0 saturated heterocycles. The highest BCUT2D eigenvalue weighted by Gasteiger charge is 2.52. The van der Waals surface area contributed by atoms with Gasteiger partial charge in [0.15, 0.2) is 0 Å². The lowest BCUT2D eigenvalue weighted by atomic mass is 9.52. The van der Waals surface area contributed by atoms with Crippen molar-refractivity contribution in [2.75, 3.05) is 13.6 Å². The number of aliphatic hydroxyl groups excluding tert-OH is 1. The lowest BCUT2D eigenvalue weighted by molar-refractivity contribution is 0.0623. The highest BCUT2D eigenvalue weighted by molar-refractivity contribution is 5.60. The van der Waals surface area contributed by atoms with Gasteiger partial charge in [-0.1, -0.05) is 48.5 Å². The van der Waals surface area contributed by atoms with Crippen molar-refractivity contribution in [1.29, 1.82) is 0 Å². The third-order valence-electron chi connectivity index (χ3n) is 5.66. The molecule has 1 atom stereocenters. The molecule has 0 fully saturated rings. The zero-order valence-electron chi connectivity index (χ0n) is 13.0. The number of fused-ring (bicyclic) bond motifs is 1. The predicted octanol–water partition coefficient (Wildman–Crippen LogP) is 3.18. The molecular weight excluding hydrogens is 270 g/mol. The molecule has 0 saturated carbocycles. The highest BCUT2D eigenvalue weighted by Crippen LogP contribution is 2.57. The zero-order chi connectivity index (χ0) is 15.2. The molecule has 114 valence electrons. The summed E-state index contributed by atoms with van der Waals surface area (Å²) < 4.78 is 0. The van der Waals surface area contributed by atoms with Crippen molar-refractivity contribution in [2.24, 2.45) is 0 Å². The van der Waals surface area contributed by atoms with Crippen molar-refractivity contribution >= 4 is 0 Å².